The Bertz CT molecular complexity index is 358. The highest BCUT2D eigenvalue weighted by Crippen LogP contribution is 2.20. The van der Waals surface area contributed by atoms with Crippen molar-refractivity contribution in [1.29, 1.82) is 0 Å². The molecule has 1 rings (SSSR count). The van der Waals surface area contributed by atoms with E-state index in [1.54, 1.807) is 12.1 Å². The lowest BCUT2D eigenvalue weighted by molar-refractivity contribution is 0.361. The lowest BCUT2D eigenvalue weighted by Gasteiger charge is -2.17. The average molecular weight is 258 g/mol. The molecule has 3 heteroatoms. The van der Waals surface area contributed by atoms with Crippen molar-refractivity contribution in [3.63, 3.8) is 0 Å². The maximum absolute atomic E-state index is 12.9. The minimum atomic E-state index is -0.358. The molecule has 0 fully saturated rings. The molecule has 1 nitrogen and oxygen atoms in total. The molecule has 1 aromatic rings. The zero-order chi connectivity index (χ0) is 12.9. The summed E-state index contributed by atoms with van der Waals surface area (Å²) in [4.78, 5) is 0. The predicted molar refractivity (Wildman–Crippen MR) is 71.8 cm³/mol. The van der Waals surface area contributed by atoms with Gasteiger partial charge in [0.05, 0.1) is 5.02 Å². The Kier molecular flexibility index (Phi) is 5.41. The SMILES string of the molecule is CC(C)(C)CCCNCc1ccc(F)c(Cl)c1. The van der Waals surface area contributed by atoms with Crippen LogP contribution < -0.4 is 5.32 Å². The molecule has 0 radical (unpaired) electrons. The first-order valence-electron chi connectivity index (χ1n) is 6.03. The summed E-state index contributed by atoms with van der Waals surface area (Å²) in [6, 6.07) is 4.85. The van der Waals surface area contributed by atoms with Crippen molar-refractivity contribution in [2.75, 3.05) is 6.54 Å². The van der Waals surface area contributed by atoms with Gasteiger partial charge in [-0.15, -0.1) is 0 Å². The highest BCUT2D eigenvalue weighted by molar-refractivity contribution is 6.30. The fourth-order valence-corrected chi connectivity index (χ4v) is 1.83. The highest BCUT2D eigenvalue weighted by Gasteiger charge is 2.08. The Hall–Kier alpha value is -0.600. The van der Waals surface area contributed by atoms with E-state index in [1.807, 2.05) is 0 Å². The molecule has 1 N–H and O–H groups in total. The van der Waals surface area contributed by atoms with Crippen molar-refractivity contribution < 1.29 is 4.39 Å². The van der Waals surface area contributed by atoms with Gasteiger partial charge in [-0.1, -0.05) is 38.4 Å². The molecule has 0 unspecified atom stereocenters. The number of rotatable bonds is 5. The largest absolute Gasteiger partial charge is 0.313 e. The van der Waals surface area contributed by atoms with Crippen molar-refractivity contribution in [2.45, 2.75) is 40.2 Å². The molecular weight excluding hydrogens is 237 g/mol. The van der Waals surface area contributed by atoms with Crippen molar-refractivity contribution in [1.82, 2.24) is 5.32 Å². The van der Waals surface area contributed by atoms with Gasteiger partial charge in [0.25, 0.3) is 0 Å². The van der Waals surface area contributed by atoms with Gasteiger partial charge in [-0.3, -0.25) is 0 Å². The van der Waals surface area contributed by atoms with E-state index in [9.17, 15) is 4.39 Å². The average Bonchev–Trinajstić information content (AvgIpc) is 2.21. The summed E-state index contributed by atoms with van der Waals surface area (Å²) in [6.07, 6.45) is 2.35. The van der Waals surface area contributed by atoms with Gasteiger partial charge in [-0.05, 0) is 42.5 Å². The van der Waals surface area contributed by atoms with E-state index in [0.29, 0.717) is 5.41 Å². The fraction of sp³-hybridized carbons (Fsp3) is 0.571. The molecule has 0 heterocycles. The summed E-state index contributed by atoms with van der Waals surface area (Å²) in [5, 5.41) is 3.53. The maximum Gasteiger partial charge on any atom is 0.141 e. The summed E-state index contributed by atoms with van der Waals surface area (Å²) in [7, 11) is 0. The van der Waals surface area contributed by atoms with Crippen LogP contribution in [-0.4, -0.2) is 6.54 Å². The van der Waals surface area contributed by atoms with Crippen LogP contribution in [0.1, 0.15) is 39.2 Å². The topological polar surface area (TPSA) is 12.0 Å². The van der Waals surface area contributed by atoms with Crippen LogP contribution in [0.5, 0.6) is 0 Å². The van der Waals surface area contributed by atoms with Gasteiger partial charge in [0.1, 0.15) is 5.82 Å². The third-order valence-corrected chi connectivity index (χ3v) is 2.88. The molecule has 0 saturated carbocycles. The molecule has 17 heavy (non-hydrogen) atoms. The van der Waals surface area contributed by atoms with Gasteiger partial charge in [-0.25, -0.2) is 4.39 Å². The highest BCUT2D eigenvalue weighted by atomic mass is 35.5. The normalized spacial score (nSPS) is 11.8. The monoisotopic (exact) mass is 257 g/mol. The predicted octanol–water partition coefficient (Wildman–Crippen LogP) is 4.40. The Labute approximate surface area is 108 Å². The molecule has 0 saturated heterocycles. The molecule has 0 aromatic heterocycles. The van der Waals surface area contributed by atoms with Crippen molar-refractivity contribution in [3.05, 3.63) is 34.6 Å². The van der Waals surface area contributed by atoms with E-state index in [2.05, 4.69) is 26.1 Å². The van der Waals surface area contributed by atoms with Crippen LogP contribution in [0.15, 0.2) is 18.2 Å². The Morgan fingerprint density at radius 2 is 2.00 bits per heavy atom. The van der Waals surface area contributed by atoms with E-state index < -0.39 is 0 Å². The molecular formula is C14H21ClFN. The second-order valence-corrected chi connectivity index (χ2v) is 6.00. The summed E-state index contributed by atoms with van der Waals surface area (Å²) in [5.74, 6) is -0.358. The van der Waals surface area contributed by atoms with Crippen LogP contribution >= 0.6 is 11.6 Å². The zero-order valence-electron chi connectivity index (χ0n) is 10.8. The lowest BCUT2D eigenvalue weighted by atomic mass is 9.91. The molecule has 0 aliphatic rings. The molecule has 0 aliphatic heterocycles. The van der Waals surface area contributed by atoms with Gasteiger partial charge in [0.2, 0.25) is 0 Å². The first-order chi connectivity index (χ1) is 7.88. The summed E-state index contributed by atoms with van der Waals surface area (Å²) in [5.41, 5.74) is 1.41. The fourth-order valence-electron chi connectivity index (χ4n) is 1.63. The van der Waals surface area contributed by atoms with Crippen LogP contribution in [0.4, 0.5) is 4.39 Å². The van der Waals surface area contributed by atoms with Crippen molar-refractivity contribution in [2.24, 2.45) is 5.41 Å². The molecule has 0 spiro atoms. The molecule has 96 valence electrons. The minimum absolute atomic E-state index is 0.194. The maximum atomic E-state index is 12.9. The zero-order valence-corrected chi connectivity index (χ0v) is 11.6. The molecule has 0 atom stereocenters. The number of halogens is 2. The van der Waals surface area contributed by atoms with Gasteiger partial charge < -0.3 is 5.32 Å². The summed E-state index contributed by atoms with van der Waals surface area (Å²) >= 11 is 5.71. The number of hydrogen-bond donors (Lipinski definition) is 1. The van der Waals surface area contributed by atoms with Crippen LogP contribution in [0.3, 0.4) is 0 Å². The number of nitrogens with one attached hydrogen (secondary N) is 1. The van der Waals surface area contributed by atoms with Gasteiger partial charge in [0.15, 0.2) is 0 Å². The van der Waals surface area contributed by atoms with Crippen LogP contribution in [-0.2, 0) is 6.54 Å². The third kappa shape index (κ3) is 6.04. The minimum Gasteiger partial charge on any atom is -0.313 e. The van der Waals surface area contributed by atoms with E-state index in [0.717, 1.165) is 25.1 Å². The summed E-state index contributed by atoms with van der Waals surface area (Å²) < 4.78 is 12.9. The van der Waals surface area contributed by atoms with Gasteiger partial charge in [0, 0.05) is 6.54 Å². The second-order valence-electron chi connectivity index (χ2n) is 5.59. The van der Waals surface area contributed by atoms with Crippen LogP contribution in [0.25, 0.3) is 0 Å². The second kappa shape index (κ2) is 6.36. The standard InChI is InChI=1S/C14H21ClFN/c1-14(2,3)7-4-8-17-10-11-5-6-13(16)12(15)9-11/h5-6,9,17H,4,7-8,10H2,1-3H3. The molecule has 1 aromatic carbocycles. The first-order valence-corrected chi connectivity index (χ1v) is 6.41. The van der Waals surface area contributed by atoms with E-state index in [-0.39, 0.29) is 10.8 Å². The Morgan fingerprint density at radius 1 is 1.29 bits per heavy atom. The quantitative estimate of drug-likeness (QED) is 0.772. The summed E-state index contributed by atoms with van der Waals surface area (Å²) in [6.45, 7) is 8.45. The molecule has 0 amide bonds. The smallest absolute Gasteiger partial charge is 0.141 e. The van der Waals surface area contributed by atoms with Crippen molar-refractivity contribution >= 4 is 11.6 Å². The van der Waals surface area contributed by atoms with Crippen LogP contribution in [0, 0.1) is 11.2 Å². The van der Waals surface area contributed by atoms with Gasteiger partial charge >= 0.3 is 0 Å². The van der Waals surface area contributed by atoms with Crippen LogP contribution in [0.2, 0.25) is 5.02 Å². The van der Waals surface area contributed by atoms with Gasteiger partial charge in [-0.2, -0.15) is 0 Å². The van der Waals surface area contributed by atoms with E-state index in [4.69, 9.17) is 11.6 Å². The van der Waals surface area contributed by atoms with E-state index in [1.165, 1.54) is 12.5 Å². The lowest BCUT2D eigenvalue weighted by Crippen LogP contribution is -2.17. The molecule has 0 aliphatic carbocycles. The first kappa shape index (κ1) is 14.5. The Morgan fingerprint density at radius 3 is 2.59 bits per heavy atom. The number of benzene rings is 1. The Balaban J connectivity index is 2.25. The third-order valence-electron chi connectivity index (χ3n) is 2.59. The van der Waals surface area contributed by atoms with E-state index >= 15 is 0 Å². The molecule has 0 bridgehead atoms. The number of hydrogen-bond acceptors (Lipinski definition) is 1. The van der Waals surface area contributed by atoms with Crippen molar-refractivity contribution in [3.8, 4) is 0 Å².